The summed E-state index contributed by atoms with van der Waals surface area (Å²) in [7, 11) is -2.42. The molecule has 1 saturated heterocycles. The largest absolute Gasteiger partial charge is 0.495 e. The van der Waals surface area contributed by atoms with Crippen LogP contribution in [0.5, 0.6) is 5.75 Å². The van der Waals surface area contributed by atoms with Crippen molar-refractivity contribution in [3.8, 4) is 5.75 Å². The molecule has 166 valence electrons. The number of methoxy groups -OCH3 is 1. The highest BCUT2D eigenvalue weighted by atomic mass is 79.9. The van der Waals surface area contributed by atoms with E-state index < -0.39 is 15.9 Å². The Kier molecular flexibility index (Phi) is 6.36. The zero-order valence-electron chi connectivity index (χ0n) is 17.3. The number of halogens is 2. The van der Waals surface area contributed by atoms with Crippen molar-refractivity contribution in [1.82, 2.24) is 4.31 Å². The molecule has 0 spiro atoms. The third kappa shape index (κ3) is 4.23. The first kappa shape index (κ1) is 22.6. The summed E-state index contributed by atoms with van der Waals surface area (Å²) in [6.45, 7) is 2.53. The van der Waals surface area contributed by atoms with Gasteiger partial charge in [-0.3, -0.25) is 4.79 Å². The van der Waals surface area contributed by atoms with Crippen LogP contribution >= 0.6 is 27.5 Å². The van der Waals surface area contributed by atoms with E-state index >= 15 is 0 Å². The molecule has 0 N–H and O–H groups in total. The fraction of sp³-hybridized carbons (Fsp3) is 0.409. The third-order valence-electron chi connectivity index (χ3n) is 5.97. The van der Waals surface area contributed by atoms with Crippen molar-refractivity contribution in [3.63, 3.8) is 0 Å². The topological polar surface area (TPSA) is 66.9 Å². The molecule has 1 amide bonds. The first-order valence-corrected chi connectivity index (χ1v) is 12.8. The minimum absolute atomic E-state index is 0.0217. The molecule has 2 aromatic rings. The molecule has 2 aliphatic heterocycles. The Morgan fingerprint density at radius 1 is 1.23 bits per heavy atom. The number of carbonyl (C=O) groups is 1. The minimum Gasteiger partial charge on any atom is -0.495 e. The van der Waals surface area contributed by atoms with Gasteiger partial charge in [0.15, 0.2) is 0 Å². The molecular weight excluding hydrogens is 504 g/mol. The van der Waals surface area contributed by atoms with Gasteiger partial charge in [-0.2, -0.15) is 4.31 Å². The highest BCUT2D eigenvalue weighted by Gasteiger charge is 2.39. The number of amides is 1. The maximum atomic E-state index is 13.5. The summed E-state index contributed by atoms with van der Waals surface area (Å²) in [6, 6.07) is 10.5. The number of hydrogen-bond donors (Lipinski definition) is 0. The zero-order valence-corrected chi connectivity index (χ0v) is 20.5. The van der Waals surface area contributed by atoms with E-state index in [0.29, 0.717) is 24.4 Å². The number of ether oxygens (including phenoxy) is 1. The van der Waals surface area contributed by atoms with Crippen molar-refractivity contribution in [3.05, 3.63) is 51.5 Å². The summed E-state index contributed by atoms with van der Waals surface area (Å²) in [5, 5.41) is 0.317. The summed E-state index contributed by atoms with van der Waals surface area (Å²) < 4.78 is 34.4. The fourth-order valence-corrected chi connectivity index (χ4v) is 6.84. The molecule has 1 fully saturated rings. The van der Waals surface area contributed by atoms with Gasteiger partial charge in [-0.15, -0.1) is 0 Å². The maximum absolute atomic E-state index is 13.5. The lowest BCUT2D eigenvalue weighted by Gasteiger charge is -2.34. The van der Waals surface area contributed by atoms with E-state index in [2.05, 4.69) is 15.9 Å². The highest BCUT2D eigenvalue weighted by Crippen LogP contribution is 2.37. The number of nitrogens with zero attached hydrogens (tertiary/aromatic N) is 2. The molecule has 0 aliphatic carbocycles. The van der Waals surface area contributed by atoms with E-state index in [4.69, 9.17) is 16.3 Å². The summed E-state index contributed by atoms with van der Waals surface area (Å²) in [6.07, 6.45) is 2.06. The van der Waals surface area contributed by atoms with Crippen LogP contribution in [-0.4, -0.2) is 44.9 Å². The molecule has 0 radical (unpaired) electrons. The lowest BCUT2D eigenvalue weighted by molar-refractivity contribution is -0.123. The van der Waals surface area contributed by atoms with Crippen molar-refractivity contribution in [2.45, 2.75) is 37.1 Å². The van der Waals surface area contributed by atoms with Crippen LogP contribution in [0.25, 0.3) is 0 Å². The number of rotatable bonds is 4. The molecular formula is C22H24BrClN2O4S. The molecule has 2 atom stereocenters. The van der Waals surface area contributed by atoms with Crippen LogP contribution in [0.3, 0.4) is 0 Å². The molecule has 31 heavy (non-hydrogen) atoms. The van der Waals surface area contributed by atoms with Gasteiger partial charge in [-0.05, 0) is 68.1 Å². The van der Waals surface area contributed by atoms with Gasteiger partial charge in [-0.25, -0.2) is 8.42 Å². The highest BCUT2D eigenvalue weighted by molar-refractivity contribution is 9.10. The van der Waals surface area contributed by atoms with Gasteiger partial charge >= 0.3 is 0 Å². The molecule has 2 heterocycles. The predicted octanol–water partition coefficient (Wildman–Crippen LogP) is 4.49. The van der Waals surface area contributed by atoms with Crippen LogP contribution in [0.15, 0.2) is 45.8 Å². The van der Waals surface area contributed by atoms with Crippen LogP contribution in [0, 0.1) is 5.92 Å². The quantitative estimate of drug-likeness (QED) is 0.588. The Labute approximate surface area is 196 Å². The number of anilines is 1. The first-order valence-electron chi connectivity index (χ1n) is 10.2. The van der Waals surface area contributed by atoms with Crippen LogP contribution < -0.4 is 9.64 Å². The average Bonchev–Trinajstić information content (AvgIpc) is 3.07. The zero-order chi connectivity index (χ0) is 22.3. The van der Waals surface area contributed by atoms with Crippen molar-refractivity contribution in [2.75, 3.05) is 25.1 Å². The summed E-state index contributed by atoms with van der Waals surface area (Å²) in [5.41, 5.74) is 2.04. The molecule has 4 rings (SSSR count). The normalized spacial score (nSPS) is 21.7. The van der Waals surface area contributed by atoms with E-state index in [1.807, 2.05) is 30.0 Å². The number of benzene rings is 2. The van der Waals surface area contributed by atoms with E-state index in [0.717, 1.165) is 22.1 Å². The average molecular weight is 528 g/mol. The number of carbonyl (C=O) groups excluding carboxylic acids is 1. The van der Waals surface area contributed by atoms with E-state index in [-0.39, 0.29) is 29.1 Å². The van der Waals surface area contributed by atoms with Gasteiger partial charge in [0.05, 0.1) is 13.0 Å². The van der Waals surface area contributed by atoms with E-state index in [9.17, 15) is 13.2 Å². The first-order chi connectivity index (χ1) is 14.7. The number of sulfonamides is 1. The standard InChI is InChI=1S/C22H24BrClN2O4S/c1-14-10-16-11-17(23)5-7-19(16)26(14)22(27)15-4-3-9-25(13-15)31(28,29)21-12-18(24)6-8-20(21)30-2/h5-8,11-12,14-15H,3-4,9-10,13H2,1-2H3/t14-,15-/m1/s1. The third-order valence-corrected chi connectivity index (χ3v) is 8.59. The summed E-state index contributed by atoms with van der Waals surface area (Å²) in [5.74, 6) is -0.178. The van der Waals surface area contributed by atoms with Gasteiger partial charge < -0.3 is 9.64 Å². The molecule has 2 aliphatic rings. The van der Waals surface area contributed by atoms with Gasteiger partial charge in [0.1, 0.15) is 10.6 Å². The SMILES string of the molecule is COc1ccc(Cl)cc1S(=O)(=O)N1CCC[C@@H](C(=O)N2c3ccc(Br)cc3C[C@H]2C)C1. The Hall–Kier alpha value is -1.61. The number of piperidine rings is 1. The van der Waals surface area contributed by atoms with E-state index in [1.54, 1.807) is 12.1 Å². The lowest BCUT2D eigenvalue weighted by Crippen LogP contribution is -2.48. The van der Waals surface area contributed by atoms with Crippen molar-refractivity contribution in [2.24, 2.45) is 5.92 Å². The van der Waals surface area contributed by atoms with Crippen molar-refractivity contribution >= 4 is 49.1 Å². The van der Waals surface area contributed by atoms with Gasteiger partial charge in [0.2, 0.25) is 15.9 Å². The van der Waals surface area contributed by atoms with Crippen LogP contribution in [0.4, 0.5) is 5.69 Å². The second-order valence-corrected chi connectivity index (χ2v) is 11.3. The lowest BCUT2D eigenvalue weighted by atomic mass is 9.97. The summed E-state index contributed by atoms with van der Waals surface area (Å²) in [4.78, 5) is 15.4. The molecule has 0 bridgehead atoms. The van der Waals surface area contributed by atoms with Gasteiger partial charge in [-0.1, -0.05) is 27.5 Å². The number of fused-ring (bicyclic) bond motifs is 1. The molecule has 2 aromatic carbocycles. The molecule has 0 saturated carbocycles. The van der Waals surface area contributed by atoms with Crippen LogP contribution in [0.2, 0.25) is 5.02 Å². The van der Waals surface area contributed by atoms with Gasteiger partial charge in [0, 0.05) is 34.3 Å². The molecule has 0 unspecified atom stereocenters. The molecule has 6 nitrogen and oxygen atoms in total. The second-order valence-electron chi connectivity index (χ2n) is 8.03. The van der Waals surface area contributed by atoms with Crippen LogP contribution in [0.1, 0.15) is 25.3 Å². The second kappa shape index (κ2) is 8.73. The van der Waals surface area contributed by atoms with Crippen molar-refractivity contribution in [1.29, 1.82) is 0 Å². The maximum Gasteiger partial charge on any atom is 0.246 e. The summed E-state index contributed by atoms with van der Waals surface area (Å²) >= 11 is 9.55. The predicted molar refractivity (Wildman–Crippen MR) is 124 cm³/mol. The van der Waals surface area contributed by atoms with Crippen molar-refractivity contribution < 1.29 is 17.9 Å². The number of hydrogen-bond acceptors (Lipinski definition) is 4. The molecule has 0 aromatic heterocycles. The Morgan fingerprint density at radius 3 is 2.74 bits per heavy atom. The molecule has 9 heteroatoms. The monoisotopic (exact) mass is 526 g/mol. The van der Waals surface area contributed by atoms with Gasteiger partial charge in [0.25, 0.3) is 0 Å². The Bertz CT molecular complexity index is 1120. The minimum atomic E-state index is -3.85. The smallest absolute Gasteiger partial charge is 0.246 e. The fourth-order valence-electron chi connectivity index (χ4n) is 4.49. The Morgan fingerprint density at radius 2 is 2.00 bits per heavy atom. The Balaban J connectivity index is 1.60. The van der Waals surface area contributed by atoms with E-state index in [1.165, 1.54) is 17.5 Å². The van der Waals surface area contributed by atoms with Crippen LogP contribution in [-0.2, 0) is 21.2 Å².